The number of nitrogens with one attached hydrogen (secondary N) is 4. The summed E-state index contributed by atoms with van der Waals surface area (Å²) in [6.07, 6.45) is 4.97. The van der Waals surface area contributed by atoms with Crippen LogP contribution in [0.5, 0.6) is 5.88 Å². The molecule has 10 rings (SSSR count). The Labute approximate surface area is 486 Å². The molecule has 1 aromatic heterocycles. The molecule has 2 amide bonds. The summed E-state index contributed by atoms with van der Waals surface area (Å²) in [5.74, 6) is -3.66. The van der Waals surface area contributed by atoms with Gasteiger partial charge in [0.25, 0.3) is 5.88 Å². The molecule has 2 bridgehead atoms. The maximum absolute atomic E-state index is 17.3. The van der Waals surface area contributed by atoms with E-state index in [2.05, 4.69) is 49.5 Å². The van der Waals surface area contributed by atoms with Gasteiger partial charge in [0.05, 0.1) is 32.8 Å². The predicted molar refractivity (Wildman–Crippen MR) is 307 cm³/mol. The highest BCUT2D eigenvalue weighted by atomic mass is 35.5. The van der Waals surface area contributed by atoms with Gasteiger partial charge in [0, 0.05) is 105 Å². The minimum absolute atomic E-state index is 0.00872. The fourth-order valence-corrected chi connectivity index (χ4v) is 12.7. The van der Waals surface area contributed by atoms with Crippen molar-refractivity contribution in [3.63, 3.8) is 0 Å². The van der Waals surface area contributed by atoms with Crippen LogP contribution in [-0.2, 0) is 9.59 Å². The number of thioether (sulfide) groups is 1. The van der Waals surface area contributed by atoms with Crippen molar-refractivity contribution in [2.75, 3.05) is 64.8 Å². The fraction of sp³-hybridized carbons (Fsp3) is 0.433. The summed E-state index contributed by atoms with van der Waals surface area (Å²) < 4.78 is 100. The van der Waals surface area contributed by atoms with Crippen molar-refractivity contribution >= 4 is 64.5 Å². The average molecular weight is 1190 g/mol. The van der Waals surface area contributed by atoms with E-state index in [1.807, 2.05) is 24.8 Å². The standard InChI is InChI=1S/C44H51ClF3N9O3S.C15H12F3NO.CH4O/c1-24(2)35(43(58)57-14-5-6-25(57)3)33-19-34(54-60-33)59-23-44(48)11-15-55(16-12-44)17-13-52-39-29(42(51-4)56-21-26-7-8-27(22-56)53-26)18-31(45)37(38(39)47)28-9-10-32(46)40-36(28)30(20-49)41(50)61-40;1-9(19-8-20)10-2-4-11(5-3-10)15-13(17)6-12(16)7-14(15)18;1-2/h9-10,18-19,24-27,35,50,52-53H,4-8,11-17,21-23H2,1-3H3;2-9H,1H3,(H,19,20);2H,1H3/b37-28+,42-29+,50-41?;;. The molecule has 83 heavy (non-hydrogen) atoms. The number of likely N-dealkylation sites (tertiary alicyclic amines) is 3. The van der Waals surface area contributed by atoms with Crippen LogP contribution in [0.2, 0.25) is 5.02 Å². The number of fused-ring (bicyclic) bond motifs is 3. The monoisotopic (exact) mass is 1190 g/mol. The van der Waals surface area contributed by atoms with Gasteiger partial charge >= 0.3 is 0 Å². The maximum Gasteiger partial charge on any atom is 0.254 e. The number of piperidine rings is 1. The highest BCUT2D eigenvalue weighted by Crippen LogP contribution is 2.35. The molecule has 5 aliphatic rings. The molecule has 5 N–H and O–H groups in total. The smallest absolute Gasteiger partial charge is 0.254 e. The molecule has 4 aromatic carbocycles. The summed E-state index contributed by atoms with van der Waals surface area (Å²) in [5, 5.41) is 39.4. The van der Waals surface area contributed by atoms with Crippen molar-refractivity contribution < 1.29 is 50.3 Å². The number of aromatic nitrogens is 1. The summed E-state index contributed by atoms with van der Waals surface area (Å²) >= 11 is 7.76. The number of aliphatic hydroxyl groups excluding tert-OH is 1. The zero-order valence-electron chi connectivity index (χ0n) is 46.7. The van der Waals surface area contributed by atoms with Crippen LogP contribution in [0.4, 0.5) is 32.0 Å². The number of halogens is 7. The molecule has 5 aliphatic heterocycles. The van der Waals surface area contributed by atoms with E-state index >= 15 is 13.2 Å². The molecule has 5 atom stereocenters. The lowest BCUT2D eigenvalue weighted by atomic mass is 9.91. The number of anilines is 1. The minimum atomic E-state index is -1.61. The fourth-order valence-electron chi connectivity index (χ4n) is 11.5. The second-order valence-electron chi connectivity index (χ2n) is 21.6. The number of amides is 2. The summed E-state index contributed by atoms with van der Waals surface area (Å²) in [4.78, 5) is 34.4. The second kappa shape index (κ2) is 27.2. The molecule has 5 aromatic rings. The van der Waals surface area contributed by atoms with Crippen LogP contribution in [0.15, 0.2) is 75.1 Å². The van der Waals surface area contributed by atoms with Gasteiger partial charge in [0.1, 0.15) is 58.4 Å². The van der Waals surface area contributed by atoms with Crippen LogP contribution in [0.25, 0.3) is 22.5 Å². The molecule has 4 fully saturated rings. The van der Waals surface area contributed by atoms with E-state index < -0.39 is 40.7 Å². The highest BCUT2D eigenvalue weighted by molar-refractivity contribution is 8.15. The van der Waals surface area contributed by atoms with Crippen molar-refractivity contribution in [1.29, 1.82) is 10.7 Å². The number of ether oxygens (including phenoxy) is 1. The van der Waals surface area contributed by atoms with Gasteiger partial charge in [0.2, 0.25) is 12.3 Å². The van der Waals surface area contributed by atoms with E-state index in [9.17, 15) is 28.0 Å². The number of aliphatic hydroxyl groups is 1. The van der Waals surface area contributed by atoms with Crippen molar-refractivity contribution in [3.8, 4) is 23.1 Å². The number of piperazine rings is 1. The van der Waals surface area contributed by atoms with Crippen molar-refractivity contribution in [2.24, 2.45) is 10.9 Å². The number of carbonyl (C=O) groups excluding carboxylic acids is 2. The summed E-state index contributed by atoms with van der Waals surface area (Å²) in [7, 11) is 1.00. The SMILES string of the molecule is C=N/C(=c1/cc(Cl)/c(=c2/ccc(F)c3c2=C(C#N)C(=N)S3)c(F)c1NCCN1CCC(F)(COc2cc(C(C(=O)N3CCCC3C)C(C)C)on2)CC1)N1CC2CCC(C1)N2.CC(NC=O)c1ccc(-c2c(F)cc(F)cc2F)cc1.CO. The van der Waals surface area contributed by atoms with Gasteiger partial charge in [-0.25, -0.2) is 31.3 Å². The number of benzene rings is 4. The molecule has 5 unspecified atom stereocenters. The number of nitriles is 1. The normalized spacial score (nSPS) is 20.5. The Morgan fingerprint density at radius 3 is 2.29 bits per heavy atom. The Morgan fingerprint density at radius 2 is 1.69 bits per heavy atom. The molecule has 0 saturated carbocycles. The molecule has 15 nitrogen and oxygen atoms in total. The number of rotatable bonds is 16. The third-order valence-electron chi connectivity index (χ3n) is 15.9. The Balaban J connectivity index is 0.000000344. The van der Waals surface area contributed by atoms with Gasteiger partial charge < -0.3 is 45.0 Å². The first kappa shape index (κ1) is 62.2. The van der Waals surface area contributed by atoms with Crippen LogP contribution in [0.3, 0.4) is 0 Å². The van der Waals surface area contributed by atoms with Gasteiger partial charge in [-0.05, 0) is 98.6 Å². The Morgan fingerprint density at radius 1 is 1.01 bits per heavy atom. The van der Waals surface area contributed by atoms with E-state index in [0.29, 0.717) is 73.6 Å². The van der Waals surface area contributed by atoms with Crippen LogP contribution in [0.1, 0.15) is 89.5 Å². The summed E-state index contributed by atoms with van der Waals surface area (Å²) in [6.45, 7) is 15.1. The van der Waals surface area contributed by atoms with E-state index in [0.717, 1.165) is 56.7 Å². The molecular weight excluding hydrogens is 1120 g/mol. The second-order valence-corrected chi connectivity index (χ2v) is 23.0. The van der Waals surface area contributed by atoms with E-state index in [1.165, 1.54) is 24.3 Å². The van der Waals surface area contributed by atoms with Crippen LogP contribution < -0.4 is 31.1 Å². The van der Waals surface area contributed by atoms with Crippen molar-refractivity contribution in [1.82, 2.24) is 30.5 Å². The third kappa shape index (κ3) is 13.7. The first-order valence-corrected chi connectivity index (χ1v) is 28.7. The lowest BCUT2D eigenvalue weighted by Gasteiger charge is -2.36. The van der Waals surface area contributed by atoms with Crippen LogP contribution >= 0.6 is 23.4 Å². The summed E-state index contributed by atoms with van der Waals surface area (Å²) in [6, 6.07) is 16.0. The number of carbonyl (C=O) groups is 2. The lowest BCUT2D eigenvalue weighted by molar-refractivity contribution is -0.135. The number of nitrogens with zero attached hydrogens (tertiary/aromatic N) is 6. The molecule has 442 valence electrons. The lowest BCUT2D eigenvalue weighted by Crippen LogP contribution is -2.51. The van der Waals surface area contributed by atoms with Gasteiger partial charge in [-0.1, -0.05) is 67.5 Å². The maximum atomic E-state index is 17.3. The predicted octanol–water partition coefficient (Wildman–Crippen LogP) is 9.08. The van der Waals surface area contributed by atoms with Gasteiger partial charge in [-0.3, -0.25) is 15.0 Å². The molecule has 23 heteroatoms. The third-order valence-corrected chi connectivity index (χ3v) is 17.2. The molecule has 4 saturated heterocycles. The Hall–Kier alpha value is -6.90. The quantitative estimate of drug-likeness (QED) is 0.0358. The van der Waals surface area contributed by atoms with Gasteiger partial charge in [-0.15, -0.1) is 0 Å². The Kier molecular flexibility index (Phi) is 20.4. The van der Waals surface area contributed by atoms with E-state index in [-0.39, 0.29) is 115 Å². The minimum Gasteiger partial charge on any atom is -0.472 e. The van der Waals surface area contributed by atoms with E-state index in [1.54, 1.807) is 31.2 Å². The van der Waals surface area contributed by atoms with Crippen molar-refractivity contribution in [3.05, 3.63) is 127 Å². The molecule has 0 radical (unpaired) electrons. The topological polar surface area (TPSA) is 195 Å². The highest BCUT2D eigenvalue weighted by Gasteiger charge is 2.39. The zero-order chi connectivity index (χ0) is 59.9. The zero-order valence-corrected chi connectivity index (χ0v) is 48.3. The van der Waals surface area contributed by atoms with E-state index in [4.69, 9.17) is 31.4 Å². The summed E-state index contributed by atoms with van der Waals surface area (Å²) in [5.41, 5.74) is -0.709. The number of alkyl halides is 1. The first-order chi connectivity index (χ1) is 39.8. The van der Waals surface area contributed by atoms with Gasteiger partial charge in [0.15, 0.2) is 11.6 Å². The van der Waals surface area contributed by atoms with Crippen molar-refractivity contribution in [2.45, 2.75) is 107 Å². The van der Waals surface area contributed by atoms with Gasteiger partial charge in [-0.2, -0.15) is 5.26 Å². The number of hydrogen-bond acceptors (Lipinski definition) is 14. The van der Waals surface area contributed by atoms with Crippen LogP contribution in [0, 0.1) is 62.2 Å². The first-order valence-electron chi connectivity index (χ1n) is 27.5. The largest absolute Gasteiger partial charge is 0.472 e. The average Bonchev–Trinajstić information content (AvgIpc) is 4.27. The van der Waals surface area contributed by atoms with Crippen LogP contribution in [-0.4, -0.2) is 132 Å². The number of hydrogen-bond donors (Lipinski definition) is 5. The Bertz CT molecular complexity index is 3470. The molecule has 0 aliphatic carbocycles. The molecule has 6 heterocycles. The molecular formula is C60H67ClF6N10O5S. The number of aliphatic imine (C=N–C) groups is 1. The molecule has 0 spiro atoms.